The molecular weight excluding hydrogens is 393 g/mol. The number of anilines is 4. The summed E-state index contributed by atoms with van der Waals surface area (Å²) >= 11 is 0. The molecule has 0 radical (unpaired) electrons. The van der Waals surface area contributed by atoms with Crippen molar-refractivity contribution in [1.29, 1.82) is 0 Å². The van der Waals surface area contributed by atoms with Crippen LogP contribution in [0, 0.1) is 5.82 Å². The van der Waals surface area contributed by atoms with Crippen molar-refractivity contribution in [2.45, 2.75) is 6.42 Å². The van der Waals surface area contributed by atoms with E-state index < -0.39 is 0 Å². The van der Waals surface area contributed by atoms with Gasteiger partial charge in [0.25, 0.3) is 0 Å². The summed E-state index contributed by atoms with van der Waals surface area (Å²) in [6.45, 7) is 0. The number of hydrogen-bond donors (Lipinski definition) is 3. The number of rotatable bonds is 6. The lowest BCUT2D eigenvalue weighted by atomic mass is 10.1. The first-order valence-electron chi connectivity index (χ1n) is 9.66. The van der Waals surface area contributed by atoms with Crippen LogP contribution in [0.25, 0.3) is 11.3 Å². The summed E-state index contributed by atoms with van der Waals surface area (Å²) in [5.74, 6) is -0.209. The van der Waals surface area contributed by atoms with E-state index in [4.69, 9.17) is 5.73 Å². The van der Waals surface area contributed by atoms with Gasteiger partial charge in [-0.2, -0.15) is 0 Å². The smallest absolute Gasteiger partial charge is 0.228 e. The molecule has 0 spiro atoms. The van der Waals surface area contributed by atoms with Gasteiger partial charge in [-0.25, -0.2) is 14.4 Å². The molecule has 0 saturated carbocycles. The molecule has 0 aliphatic rings. The standard InChI is InChI=1S/C24H20FN5O/c25-21-4-2-1-3-17(21)15-23(31)28-19-9-5-16(6-10-19)22-13-14-27-24(30-22)29-20-11-7-18(26)8-12-20/h1-14H,15,26H2,(H,28,31)(H,27,29,30). The number of nitrogen functional groups attached to an aromatic ring is 1. The number of hydrogen-bond acceptors (Lipinski definition) is 5. The molecule has 0 aliphatic heterocycles. The average Bonchev–Trinajstić information content (AvgIpc) is 2.78. The van der Waals surface area contributed by atoms with Gasteiger partial charge in [0.1, 0.15) is 5.82 Å². The molecule has 0 atom stereocenters. The number of nitrogens with one attached hydrogen (secondary N) is 2. The van der Waals surface area contributed by atoms with Gasteiger partial charge in [-0.05, 0) is 54.1 Å². The normalized spacial score (nSPS) is 10.5. The minimum absolute atomic E-state index is 0.0273. The van der Waals surface area contributed by atoms with Gasteiger partial charge in [0.2, 0.25) is 11.9 Å². The Hall–Kier alpha value is -4.26. The molecule has 6 nitrogen and oxygen atoms in total. The van der Waals surface area contributed by atoms with Crippen molar-refractivity contribution in [1.82, 2.24) is 9.97 Å². The second-order valence-electron chi connectivity index (χ2n) is 6.91. The van der Waals surface area contributed by atoms with E-state index >= 15 is 0 Å². The summed E-state index contributed by atoms with van der Waals surface area (Å²) in [4.78, 5) is 21.0. The Morgan fingerprint density at radius 2 is 1.61 bits per heavy atom. The number of carbonyl (C=O) groups is 1. The maximum atomic E-state index is 13.7. The largest absolute Gasteiger partial charge is 0.399 e. The van der Waals surface area contributed by atoms with Gasteiger partial charge in [0.15, 0.2) is 0 Å². The van der Waals surface area contributed by atoms with Gasteiger partial charge < -0.3 is 16.4 Å². The molecule has 7 heteroatoms. The Labute approximate surface area is 179 Å². The molecule has 4 rings (SSSR count). The van der Waals surface area contributed by atoms with Crippen molar-refractivity contribution in [3.8, 4) is 11.3 Å². The number of amides is 1. The van der Waals surface area contributed by atoms with Gasteiger partial charge >= 0.3 is 0 Å². The summed E-state index contributed by atoms with van der Waals surface area (Å²) < 4.78 is 13.7. The lowest BCUT2D eigenvalue weighted by molar-refractivity contribution is -0.115. The van der Waals surface area contributed by atoms with Gasteiger partial charge in [-0.1, -0.05) is 30.3 Å². The molecular formula is C24H20FN5O. The predicted octanol–water partition coefficient (Wildman–Crippen LogP) is 4.79. The van der Waals surface area contributed by atoms with Crippen molar-refractivity contribution < 1.29 is 9.18 Å². The highest BCUT2D eigenvalue weighted by molar-refractivity contribution is 5.92. The highest BCUT2D eigenvalue weighted by atomic mass is 19.1. The molecule has 0 bridgehead atoms. The summed E-state index contributed by atoms with van der Waals surface area (Å²) in [6.07, 6.45) is 1.65. The lowest BCUT2D eigenvalue weighted by Gasteiger charge is -2.09. The third-order valence-electron chi connectivity index (χ3n) is 4.60. The Morgan fingerprint density at radius 1 is 0.903 bits per heavy atom. The number of nitrogens with two attached hydrogens (primary N) is 1. The quantitative estimate of drug-likeness (QED) is 0.395. The van der Waals surface area contributed by atoms with Crippen LogP contribution in [-0.2, 0) is 11.2 Å². The number of carbonyl (C=O) groups excluding carboxylic acids is 1. The monoisotopic (exact) mass is 413 g/mol. The number of nitrogens with zero attached hydrogens (tertiary/aromatic N) is 2. The van der Waals surface area contributed by atoms with Crippen LogP contribution >= 0.6 is 0 Å². The van der Waals surface area contributed by atoms with Gasteiger partial charge in [-0.15, -0.1) is 0 Å². The molecule has 0 unspecified atom stereocenters. The van der Waals surface area contributed by atoms with Crippen LogP contribution in [-0.4, -0.2) is 15.9 Å². The molecule has 154 valence electrons. The zero-order valence-corrected chi connectivity index (χ0v) is 16.5. The second kappa shape index (κ2) is 9.04. The van der Waals surface area contributed by atoms with Crippen molar-refractivity contribution in [2.75, 3.05) is 16.4 Å². The third kappa shape index (κ3) is 5.22. The van der Waals surface area contributed by atoms with E-state index in [0.717, 1.165) is 16.9 Å². The van der Waals surface area contributed by atoms with Crippen LogP contribution in [0.1, 0.15) is 5.56 Å². The molecule has 31 heavy (non-hydrogen) atoms. The summed E-state index contributed by atoms with van der Waals surface area (Å²) in [5.41, 5.74) is 9.81. The molecule has 4 aromatic rings. The van der Waals surface area contributed by atoms with Crippen LogP contribution in [0.4, 0.5) is 27.4 Å². The van der Waals surface area contributed by atoms with Crippen LogP contribution in [0.2, 0.25) is 0 Å². The molecule has 0 aliphatic carbocycles. The van der Waals surface area contributed by atoms with E-state index in [9.17, 15) is 9.18 Å². The first-order valence-corrected chi connectivity index (χ1v) is 9.66. The average molecular weight is 413 g/mol. The van der Waals surface area contributed by atoms with Gasteiger partial charge in [0.05, 0.1) is 12.1 Å². The van der Waals surface area contributed by atoms with E-state index in [-0.39, 0.29) is 18.1 Å². The number of benzene rings is 3. The van der Waals surface area contributed by atoms with Crippen LogP contribution in [0.3, 0.4) is 0 Å². The maximum Gasteiger partial charge on any atom is 0.228 e. The van der Waals surface area contributed by atoms with Crippen molar-refractivity contribution in [3.05, 3.63) is 96.4 Å². The van der Waals surface area contributed by atoms with Crippen molar-refractivity contribution >= 4 is 28.9 Å². The van der Waals surface area contributed by atoms with E-state index in [0.29, 0.717) is 22.9 Å². The van der Waals surface area contributed by atoms with E-state index in [1.165, 1.54) is 6.07 Å². The fourth-order valence-corrected chi connectivity index (χ4v) is 3.02. The zero-order valence-electron chi connectivity index (χ0n) is 16.5. The van der Waals surface area contributed by atoms with E-state index in [2.05, 4.69) is 20.6 Å². The first-order chi connectivity index (χ1) is 15.1. The van der Waals surface area contributed by atoms with Crippen molar-refractivity contribution in [3.63, 3.8) is 0 Å². The van der Waals surface area contributed by atoms with Gasteiger partial charge in [-0.3, -0.25) is 4.79 Å². The Balaban J connectivity index is 1.42. The topological polar surface area (TPSA) is 92.9 Å². The summed E-state index contributed by atoms with van der Waals surface area (Å²) in [5, 5.41) is 5.93. The zero-order chi connectivity index (χ0) is 21.6. The molecule has 4 N–H and O–H groups in total. The molecule has 0 fully saturated rings. The fourth-order valence-electron chi connectivity index (χ4n) is 3.02. The van der Waals surface area contributed by atoms with Crippen LogP contribution < -0.4 is 16.4 Å². The Kier molecular flexibility index (Phi) is 5.84. The van der Waals surface area contributed by atoms with E-state index in [1.807, 2.05) is 24.3 Å². The number of aromatic nitrogens is 2. The molecule has 1 aromatic heterocycles. The maximum absolute atomic E-state index is 13.7. The molecule has 1 amide bonds. The predicted molar refractivity (Wildman–Crippen MR) is 120 cm³/mol. The fraction of sp³-hybridized carbons (Fsp3) is 0.0417. The third-order valence-corrected chi connectivity index (χ3v) is 4.60. The second-order valence-corrected chi connectivity index (χ2v) is 6.91. The SMILES string of the molecule is Nc1ccc(Nc2nccc(-c3ccc(NC(=O)Cc4ccccc4F)cc3)n2)cc1. The first kappa shape index (κ1) is 20.0. The summed E-state index contributed by atoms with van der Waals surface area (Å²) in [7, 11) is 0. The molecule has 1 heterocycles. The number of halogens is 1. The molecule has 0 saturated heterocycles. The van der Waals surface area contributed by atoms with Crippen LogP contribution in [0.5, 0.6) is 0 Å². The molecule has 3 aromatic carbocycles. The van der Waals surface area contributed by atoms with Crippen LogP contribution in [0.15, 0.2) is 85.1 Å². The van der Waals surface area contributed by atoms with E-state index in [1.54, 1.807) is 54.7 Å². The highest BCUT2D eigenvalue weighted by Crippen LogP contribution is 2.22. The van der Waals surface area contributed by atoms with Crippen molar-refractivity contribution in [2.24, 2.45) is 0 Å². The minimum Gasteiger partial charge on any atom is -0.399 e. The Bertz CT molecular complexity index is 1190. The Morgan fingerprint density at radius 3 is 2.35 bits per heavy atom. The lowest BCUT2D eigenvalue weighted by Crippen LogP contribution is -2.15. The van der Waals surface area contributed by atoms with Gasteiger partial charge in [0, 0.05) is 28.8 Å². The minimum atomic E-state index is -0.389. The summed E-state index contributed by atoms with van der Waals surface area (Å²) in [6, 6.07) is 22.6. The highest BCUT2D eigenvalue weighted by Gasteiger charge is 2.09.